The van der Waals surface area contributed by atoms with Crippen LogP contribution in [0.3, 0.4) is 0 Å². The Bertz CT molecular complexity index is 293. The van der Waals surface area contributed by atoms with Crippen LogP contribution in [0.1, 0.15) is 46.0 Å². The van der Waals surface area contributed by atoms with Crippen LogP contribution in [0.2, 0.25) is 0 Å². The van der Waals surface area contributed by atoms with Crippen molar-refractivity contribution in [1.29, 1.82) is 0 Å². The van der Waals surface area contributed by atoms with Gasteiger partial charge >= 0.3 is 0 Å². The van der Waals surface area contributed by atoms with E-state index < -0.39 is 0 Å². The van der Waals surface area contributed by atoms with E-state index in [1.165, 1.54) is 19.4 Å². The molecule has 2 atom stereocenters. The molecule has 1 heterocycles. The van der Waals surface area contributed by atoms with Crippen molar-refractivity contribution in [3.8, 4) is 0 Å². The van der Waals surface area contributed by atoms with Crippen LogP contribution in [0.15, 0.2) is 0 Å². The molecule has 2 N–H and O–H groups in total. The molecule has 1 amide bonds. The number of hydrogen-bond donors (Lipinski definition) is 1. The van der Waals surface area contributed by atoms with Gasteiger partial charge in [-0.15, -0.1) is 0 Å². The molecule has 0 radical (unpaired) electrons. The second-order valence-corrected chi connectivity index (χ2v) is 6.67. The highest BCUT2D eigenvalue weighted by Gasteiger charge is 2.24. The molecule has 0 aromatic rings. The van der Waals surface area contributed by atoms with Crippen molar-refractivity contribution in [2.24, 2.45) is 17.6 Å². The van der Waals surface area contributed by atoms with E-state index in [0.29, 0.717) is 24.3 Å². The van der Waals surface area contributed by atoms with Gasteiger partial charge in [0, 0.05) is 26.1 Å². The van der Waals surface area contributed by atoms with Gasteiger partial charge in [0.15, 0.2) is 0 Å². The summed E-state index contributed by atoms with van der Waals surface area (Å²) >= 11 is 0. The number of rotatable bonds is 8. The van der Waals surface area contributed by atoms with Crippen LogP contribution in [0.4, 0.5) is 0 Å². The first-order valence-electron chi connectivity index (χ1n) is 8.10. The van der Waals surface area contributed by atoms with Crippen molar-refractivity contribution >= 4 is 5.91 Å². The van der Waals surface area contributed by atoms with E-state index in [0.717, 1.165) is 25.9 Å². The molecule has 4 heteroatoms. The van der Waals surface area contributed by atoms with Crippen LogP contribution >= 0.6 is 0 Å². The van der Waals surface area contributed by atoms with Crippen LogP contribution in [0.25, 0.3) is 0 Å². The second kappa shape index (κ2) is 8.63. The third-order valence-corrected chi connectivity index (χ3v) is 4.79. The zero-order chi connectivity index (χ0) is 15.1. The molecule has 0 bridgehead atoms. The summed E-state index contributed by atoms with van der Waals surface area (Å²) in [5.74, 6) is 1.47. The van der Waals surface area contributed by atoms with E-state index >= 15 is 0 Å². The quantitative estimate of drug-likeness (QED) is 0.740. The van der Waals surface area contributed by atoms with E-state index in [9.17, 15) is 4.79 Å². The number of amides is 1. The maximum atomic E-state index is 12.2. The Morgan fingerprint density at radius 3 is 2.60 bits per heavy atom. The lowest BCUT2D eigenvalue weighted by Crippen LogP contribution is -2.39. The van der Waals surface area contributed by atoms with Crippen molar-refractivity contribution in [2.75, 3.05) is 33.7 Å². The van der Waals surface area contributed by atoms with Crippen LogP contribution < -0.4 is 5.73 Å². The van der Waals surface area contributed by atoms with Gasteiger partial charge in [0.2, 0.25) is 5.91 Å². The van der Waals surface area contributed by atoms with E-state index in [-0.39, 0.29) is 5.91 Å². The lowest BCUT2D eigenvalue weighted by molar-refractivity contribution is -0.130. The summed E-state index contributed by atoms with van der Waals surface area (Å²) in [5, 5.41) is 0. The van der Waals surface area contributed by atoms with Crippen molar-refractivity contribution in [2.45, 2.75) is 52.0 Å². The predicted octanol–water partition coefficient (Wildman–Crippen LogP) is 1.94. The van der Waals surface area contributed by atoms with E-state index in [2.05, 4.69) is 25.8 Å². The molecule has 4 nitrogen and oxygen atoms in total. The van der Waals surface area contributed by atoms with Gasteiger partial charge in [-0.2, -0.15) is 0 Å². The molecule has 2 unspecified atom stereocenters. The summed E-state index contributed by atoms with van der Waals surface area (Å²) in [5.41, 5.74) is 5.66. The lowest BCUT2D eigenvalue weighted by atomic mass is 9.88. The first-order chi connectivity index (χ1) is 9.45. The molecular weight excluding hydrogens is 250 g/mol. The Morgan fingerprint density at radius 1 is 1.40 bits per heavy atom. The third kappa shape index (κ3) is 5.41. The fraction of sp³-hybridized carbons (Fsp3) is 0.938. The highest BCUT2D eigenvalue weighted by molar-refractivity contribution is 5.75. The number of nitrogens with two attached hydrogens (primary N) is 1. The molecule has 0 saturated carbocycles. The number of likely N-dealkylation sites (tertiary alicyclic amines) is 1. The monoisotopic (exact) mass is 283 g/mol. The minimum absolute atomic E-state index is 0.285. The molecule has 118 valence electrons. The van der Waals surface area contributed by atoms with Crippen LogP contribution in [-0.2, 0) is 4.79 Å². The van der Waals surface area contributed by atoms with Gasteiger partial charge in [-0.1, -0.05) is 13.8 Å². The summed E-state index contributed by atoms with van der Waals surface area (Å²) in [6, 6.07) is 0.550. The Kier molecular flexibility index (Phi) is 7.52. The fourth-order valence-electron chi connectivity index (χ4n) is 3.15. The van der Waals surface area contributed by atoms with Crippen molar-refractivity contribution in [3.05, 3.63) is 0 Å². The van der Waals surface area contributed by atoms with Crippen molar-refractivity contribution in [1.82, 2.24) is 9.80 Å². The smallest absolute Gasteiger partial charge is 0.222 e. The molecule has 1 rings (SSSR count). The molecule has 0 aromatic heterocycles. The van der Waals surface area contributed by atoms with Gasteiger partial charge < -0.3 is 15.5 Å². The van der Waals surface area contributed by atoms with Crippen LogP contribution in [-0.4, -0.2) is 55.5 Å². The number of likely N-dealkylation sites (N-methyl/N-ethyl adjacent to an activating group) is 2. The van der Waals surface area contributed by atoms with Gasteiger partial charge in [0.1, 0.15) is 0 Å². The van der Waals surface area contributed by atoms with Crippen LogP contribution in [0, 0.1) is 11.8 Å². The van der Waals surface area contributed by atoms with E-state index in [4.69, 9.17) is 5.73 Å². The third-order valence-electron chi connectivity index (χ3n) is 4.79. The average molecular weight is 283 g/mol. The maximum absolute atomic E-state index is 12.2. The first kappa shape index (κ1) is 17.4. The van der Waals surface area contributed by atoms with Gasteiger partial charge in [-0.3, -0.25) is 4.79 Å². The molecule has 20 heavy (non-hydrogen) atoms. The van der Waals surface area contributed by atoms with Gasteiger partial charge in [0.05, 0.1) is 0 Å². The Balaban J connectivity index is 2.33. The normalized spacial score (nSPS) is 21.4. The first-order valence-corrected chi connectivity index (χ1v) is 8.10. The number of carbonyl (C=O) groups excluding carboxylic acids is 1. The van der Waals surface area contributed by atoms with Gasteiger partial charge in [-0.05, 0) is 57.7 Å². The highest BCUT2D eigenvalue weighted by atomic mass is 16.2. The molecule has 1 aliphatic heterocycles. The summed E-state index contributed by atoms with van der Waals surface area (Å²) in [6.45, 7) is 7.21. The SMILES string of the molecule is CC(C)C(CCN)CCC(=O)N(C)CC1CCCN1C. The van der Waals surface area contributed by atoms with Crippen LogP contribution in [0.5, 0.6) is 0 Å². The lowest BCUT2D eigenvalue weighted by Gasteiger charge is -2.27. The highest BCUT2D eigenvalue weighted by Crippen LogP contribution is 2.21. The minimum atomic E-state index is 0.285. The fourth-order valence-corrected chi connectivity index (χ4v) is 3.15. The summed E-state index contributed by atoms with van der Waals surface area (Å²) < 4.78 is 0. The molecule has 1 saturated heterocycles. The molecular formula is C16H33N3O. The number of hydrogen-bond acceptors (Lipinski definition) is 3. The van der Waals surface area contributed by atoms with Gasteiger partial charge in [0.25, 0.3) is 0 Å². The average Bonchev–Trinajstić information content (AvgIpc) is 2.79. The molecule has 0 aliphatic carbocycles. The predicted molar refractivity (Wildman–Crippen MR) is 84.5 cm³/mol. The Labute approximate surface area is 124 Å². The zero-order valence-corrected chi connectivity index (χ0v) is 13.8. The summed E-state index contributed by atoms with van der Waals surface area (Å²) in [7, 11) is 4.10. The minimum Gasteiger partial charge on any atom is -0.344 e. The largest absolute Gasteiger partial charge is 0.344 e. The molecule has 1 aliphatic rings. The van der Waals surface area contributed by atoms with E-state index in [1.54, 1.807) is 0 Å². The topological polar surface area (TPSA) is 49.6 Å². The molecule has 0 spiro atoms. The zero-order valence-electron chi connectivity index (χ0n) is 13.8. The Hall–Kier alpha value is -0.610. The molecule has 0 aromatic carbocycles. The van der Waals surface area contributed by atoms with Crippen molar-refractivity contribution < 1.29 is 4.79 Å². The maximum Gasteiger partial charge on any atom is 0.222 e. The van der Waals surface area contributed by atoms with E-state index in [1.807, 2.05) is 11.9 Å². The Morgan fingerprint density at radius 2 is 2.10 bits per heavy atom. The second-order valence-electron chi connectivity index (χ2n) is 6.67. The number of carbonyl (C=O) groups is 1. The summed E-state index contributed by atoms with van der Waals surface area (Å²) in [6.07, 6.45) is 5.14. The van der Waals surface area contributed by atoms with Crippen molar-refractivity contribution in [3.63, 3.8) is 0 Å². The summed E-state index contributed by atoms with van der Waals surface area (Å²) in [4.78, 5) is 16.5. The van der Waals surface area contributed by atoms with Gasteiger partial charge in [-0.25, -0.2) is 0 Å². The molecule has 1 fully saturated rings. The standard InChI is InChI=1S/C16H33N3O/c1-13(2)14(9-10-17)7-8-16(20)19(4)12-15-6-5-11-18(15)3/h13-15H,5-12,17H2,1-4H3. The number of nitrogens with zero attached hydrogens (tertiary/aromatic N) is 2.